The molecule has 0 aromatic carbocycles. The van der Waals surface area contributed by atoms with E-state index in [9.17, 15) is 0 Å². The van der Waals surface area contributed by atoms with Gasteiger partial charge < -0.3 is 13.9 Å². The van der Waals surface area contributed by atoms with Gasteiger partial charge in [-0.25, -0.2) is 0 Å². The van der Waals surface area contributed by atoms with Crippen LogP contribution in [-0.2, 0) is 13.9 Å². The van der Waals surface area contributed by atoms with Crippen molar-refractivity contribution in [1.82, 2.24) is 0 Å². The molecule has 2 heterocycles. The van der Waals surface area contributed by atoms with Gasteiger partial charge in [0, 0.05) is 0 Å². The number of unbranched alkanes of at least 4 members (excludes halogenated alkanes) is 3. The lowest BCUT2D eigenvalue weighted by atomic mass is 9.85. The molecule has 2 aliphatic heterocycles. The van der Waals surface area contributed by atoms with Gasteiger partial charge in [-0.1, -0.05) is 59.5 Å². The molecule has 4 atom stereocenters. The van der Waals surface area contributed by atoms with E-state index in [1.807, 2.05) is 0 Å². The van der Waals surface area contributed by atoms with E-state index in [1.54, 1.807) is 0 Å². The van der Waals surface area contributed by atoms with E-state index < -0.39 is 14.1 Å². The molecule has 2 bridgehead atoms. The van der Waals surface area contributed by atoms with Crippen molar-refractivity contribution in [3.8, 4) is 0 Å². The van der Waals surface area contributed by atoms with Crippen molar-refractivity contribution in [1.29, 1.82) is 0 Å². The Balaban J connectivity index is 1.74. The Morgan fingerprint density at radius 1 is 1.15 bits per heavy atom. The van der Waals surface area contributed by atoms with Gasteiger partial charge in [-0.15, -0.1) is 0 Å². The first-order chi connectivity index (χ1) is 12.2. The molecule has 0 aromatic rings. The minimum absolute atomic E-state index is 0.0619. The molecular weight excluding hydrogens is 340 g/mol. The molecule has 0 radical (unpaired) electrons. The Hall–Kier alpha value is -0.163. The molecule has 2 fully saturated rings. The smallest absolute Gasteiger partial charge is 0.217 e. The van der Waals surface area contributed by atoms with Crippen LogP contribution in [0.1, 0.15) is 85.5 Å². The zero-order valence-electron chi connectivity index (χ0n) is 17.9. The fourth-order valence-corrected chi connectivity index (χ4v) is 5.72. The van der Waals surface area contributed by atoms with E-state index >= 15 is 0 Å². The topological polar surface area (TPSA) is 27.7 Å². The molecule has 3 aliphatic rings. The van der Waals surface area contributed by atoms with E-state index in [1.165, 1.54) is 31.3 Å². The van der Waals surface area contributed by atoms with Gasteiger partial charge in [-0.3, -0.25) is 0 Å². The summed E-state index contributed by atoms with van der Waals surface area (Å²) in [5.74, 6) is -0.577. The average molecular weight is 381 g/mol. The minimum Gasteiger partial charge on any atom is -0.408 e. The van der Waals surface area contributed by atoms with Gasteiger partial charge in [0.05, 0.1) is 12.2 Å². The van der Waals surface area contributed by atoms with Crippen LogP contribution in [0.15, 0.2) is 11.6 Å². The summed E-state index contributed by atoms with van der Waals surface area (Å²) in [5.41, 5.74) is 1.36. The molecule has 0 amide bonds. The highest BCUT2D eigenvalue weighted by atomic mass is 28.4. The Bertz CT molecular complexity index is 522. The highest BCUT2D eigenvalue weighted by Crippen LogP contribution is 2.52. The third-order valence-corrected chi connectivity index (χ3v) is 11.5. The third kappa shape index (κ3) is 3.85. The summed E-state index contributed by atoms with van der Waals surface area (Å²) in [7, 11) is -1.86. The fraction of sp³-hybridized carbons (Fsp3) is 0.909. The monoisotopic (exact) mass is 380 g/mol. The zero-order valence-corrected chi connectivity index (χ0v) is 18.9. The molecule has 0 saturated carbocycles. The van der Waals surface area contributed by atoms with Gasteiger partial charge in [0.1, 0.15) is 6.10 Å². The van der Waals surface area contributed by atoms with E-state index in [0.29, 0.717) is 0 Å². The maximum atomic E-state index is 6.87. The summed E-state index contributed by atoms with van der Waals surface area (Å²) in [5, 5.41) is 0.206. The zero-order chi connectivity index (χ0) is 19.0. The third-order valence-electron chi connectivity index (χ3n) is 7.04. The van der Waals surface area contributed by atoms with Crippen molar-refractivity contribution in [2.24, 2.45) is 0 Å². The number of fused-ring (bicyclic) bond motifs is 1. The average Bonchev–Trinajstić information content (AvgIpc) is 2.84. The molecule has 3 nitrogen and oxygen atoms in total. The van der Waals surface area contributed by atoms with Crippen molar-refractivity contribution >= 4 is 8.32 Å². The Kier molecular flexibility index (Phi) is 6.08. The molecule has 2 saturated heterocycles. The van der Waals surface area contributed by atoms with E-state index in [4.69, 9.17) is 13.9 Å². The Morgan fingerprint density at radius 2 is 1.92 bits per heavy atom. The summed E-state index contributed by atoms with van der Waals surface area (Å²) in [6, 6.07) is 0. The second-order valence-electron chi connectivity index (χ2n) is 10.0. The lowest BCUT2D eigenvalue weighted by Crippen LogP contribution is -2.56. The van der Waals surface area contributed by atoms with Crippen molar-refractivity contribution in [3.63, 3.8) is 0 Å². The van der Waals surface area contributed by atoms with Gasteiger partial charge >= 0.3 is 0 Å². The molecule has 0 aromatic heterocycles. The van der Waals surface area contributed by atoms with Crippen LogP contribution in [0.25, 0.3) is 0 Å². The van der Waals surface area contributed by atoms with Gasteiger partial charge in [-0.05, 0) is 55.8 Å². The van der Waals surface area contributed by atoms with Crippen LogP contribution in [-0.4, -0.2) is 32.4 Å². The van der Waals surface area contributed by atoms with Crippen molar-refractivity contribution in [2.45, 2.75) is 128 Å². The van der Waals surface area contributed by atoms with E-state index in [-0.39, 0.29) is 23.4 Å². The van der Waals surface area contributed by atoms with Gasteiger partial charge in [0.25, 0.3) is 0 Å². The number of rotatable bonds is 7. The summed E-state index contributed by atoms with van der Waals surface area (Å²) in [4.78, 5) is 0. The highest BCUT2D eigenvalue weighted by Gasteiger charge is 2.59. The predicted octanol–water partition coefficient (Wildman–Crippen LogP) is 6.34. The molecule has 150 valence electrons. The van der Waals surface area contributed by atoms with Crippen LogP contribution >= 0.6 is 0 Å². The predicted molar refractivity (Wildman–Crippen MR) is 110 cm³/mol. The van der Waals surface area contributed by atoms with Crippen molar-refractivity contribution in [2.75, 3.05) is 0 Å². The fourth-order valence-electron chi connectivity index (χ4n) is 4.39. The van der Waals surface area contributed by atoms with E-state index in [2.05, 4.69) is 46.9 Å². The van der Waals surface area contributed by atoms with Crippen molar-refractivity contribution in [3.05, 3.63) is 11.6 Å². The van der Waals surface area contributed by atoms with Gasteiger partial charge in [0.15, 0.2) is 8.32 Å². The Labute approximate surface area is 162 Å². The van der Waals surface area contributed by atoms with Gasteiger partial charge in [0.2, 0.25) is 5.79 Å². The second-order valence-corrected chi connectivity index (χ2v) is 14.8. The first-order valence-electron chi connectivity index (χ1n) is 10.9. The van der Waals surface area contributed by atoms with Crippen LogP contribution in [0.5, 0.6) is 0 Å². The van der Waals surface area contributed by atoms with Crippen LogP contribution in [0.2, 0.25) is 18.1 Å². The first kappa shape index (κ1) is 20.6. The van der Waals surface area contributed by atoms with Crippen molar-refractivity contribution < 1.29 is 13.9 Å². The number of hydrogen-bond donors (Lipinski definition) is 0. The quantitative estimate of drug-likeness (QED) is 0.293. The summed E-state index contributed by atoms with van der Waals surface area (Å²) in [6.45, 7) is 13.9. The Morgan fingerprint density at radius 3 is 2.62 bits per heavy atom. The molecule has 1 spiro atoms. The summed E-state index contributed by atoms with van der Waals surface area (Å²) >= 11 is 0. The lowest BCUT2D eigenvalue weighted by molar-refractivity contribution is -0.217. The second kappa shape index (κ2) is 7.69. The molecule has 0 unspecified atom stereocenters. The molecule has 4 heteroatoms. The molecule has 0 N–H and O–H groups in total. The van der Waals surface area contributed by atoms with Crippen LogP contribution in [0.3, 0.4) is 0 Å². The molecule has 26 heavy (non-hydrogen) atoms. The number of allylic oxidation sites excluding steroid dienone is 1. The van der Waals surface area contributed by atoms with Crippen LogP contribution in [0.4, 0.5) is 0 Å². The number of ether oxygens (including phenoxy) is 2. The molecule has 3 rings (SSSR count). The lowest BCUT2D eigenvalue weighted by Gasteiger charge is -2.48. The number of hydrogen-bond acceptors (Lipinski definition) is 3. The summed E-state index contributed by atoms with van der Waals surface area (Å²) in [6.07, 6.45) is 13.6. The SMILES string of the molecule is CCCCCC[C@@H]1O[C@]23O[C@H]1CCC2=CCC[C@H]3O[Si](C)(C)C(C)(C)C. The first-order valence-corrected chi connectivity index (χ1v) is 13.8. The standard InChI is InChI=1S/C22H40O3Si/c1-7-8-9-10-13-18-19-16-15-17-12-11-14-20(22(17,23-18)24-19)25-26(5,6)21(2,3)4/h12,18-20H,7-11,13-16H2,1-6H3/t18-,19-,20+,22-/m0/s1. The maximum Gasteiger partial charge on any atom is 0.217 e. The van der Waals surface area contributed by atoms with E-state index in [0.717, 1.165) is 32.1 Å². The van der Waals surface area contributed by atoms with Crippen LogP contribution in [0, 0.1) is 0 Å². The maximum absolute atomic E-state index is 6.87. The normalized spacial score (nSPS) is 34.5. The summed E-state index contributed by atoms with van der Waals surface area (Å²) < 4.78 is 20.2. The van der Waals surface area contributed by atoms with Crippen LogP contribution < -0.4 is 0 Å². The minimum atomic E-state index is -1.86. The molecular formula is C22H40O3Si. The molecule has 1 aliphatic carbocycles. The largest absolute Gasteiger partial charge is 0.408 e. The van der Waals surface area contributed by atoms with Gasteiger partial charge in [-0.2, -0.15) is 0 Å². The highest BCUT2D eigenvalue weighted by molar-refractivity contribution is 6.74.